The van der Waals surface area contributed by atoms with Gasteiger partial charge in [0.15, 0.2) is 0 Å². The average molecular weight is 340 g/mol. The van der Waals surface area contributed by atoms with Crippen LogP contribution in [-0.4, -0.2) is 22.4 Å². The lowest BCUT2D eigenvalue weighted by atomic mass is 10.1. The second kappa shape index (κ2) is 6.69. The molecule has 3 heterocycles. The van der Waals surface area contributed by atoms with Gasteiger partial charge in [-0.2, -0.15) is 5.26 Å². The summed E-state index contributed by atoms with van der Waals surface area (Å²) >= 11 is 0. The highest BCUT2D eigenvalue weighted by molar-refractivity contribution is 5.97. The fourth-order valence-electron chi connectivity index (χ4n) is 3.08. The summed E-state index contributed by atoms with van der Waals surface area (Å²) in [6.45, 7) is 0.661. The Morgan fingerprint density at radius 2 is 2.04 bits per heavy atom. The first-order valence-corrected chi connectivity index (χ1v) is 8.38. The molecule has 0 fully saturated rings. The molecule has 26 heavy (non-hydrogen) atoms. The number of aromatic amines is 1. The maximum atomic E-state index is 11.9. The van der Waals surface area contributed by atoms with Crippen LogP contribution < -0.4 is 5.32 Å². The van der Waals surface area contributed by atoms with Gasteiger partial charge in [0.05, 0.1) is 22.9 Å². The summed E-state index contributed by atoms with van der Waals surface area (Å²) in [6.07, 6.45) is 6.32. The Hall–Kier alpha value is -3.65. The Kier molecular flexibility index (Phi) is 4.08. The predicted octanol–water partition coefficient (Wildman–Crippen LogP) is 3.40. The molecule has 0 saturated carbocycles. The maximum absolute atomic E-state index is 11.9. The maximum Gasteiger partial charge on any atom is 0.253 e. The summed E-state index contributed by atoms with van der Waals surface area (Å²) < 4.78 is 0. The number of pyridine rings is 1. The quantitative estimate of drug-likeness (QED) is 0.766. The molecule has 4 rings (SSSR count). The van der Waals surface area contributed by atoms with Crippen LogP contribution in [-0.2, 0) is 6.42 Å². The van der Waals surface area contributed by atoms with Crippen LogP contribution in [0.4, 0.5) is 0 Å². The van der Waals surface area contributed by atoms with Gasteiger partial charge >= 0.3 is 0 Å². The zero-order chi connectivity index (χ0) is 17.9. The lowest BCUT2D eigenvalue weighted by Crippen LogP contribution is -2.31. The Balaban J connectivity index is 1.64. The fraction of sp³-hybridized carbons (Fsp3) is 0.0952. The van der Waals surface area contributed by atoms with Crippen LogP contribution in [0, 0.1) is 11.3 Å². The molecular weight excluding hydrogens is 324 g/mol. The number of H-pyrrole nitrogens is 1. The highest BCUT2D eigenvalue weighted by atomic mass is 16.1. The largest absolute Gasteiger partial charge is 0.358 e. The van der Waals surface area contributed by atoms with Crippen LogP contribution in [0.25, 0.3) is 23.4 Å². The number of fused-ring (bicyclic) bond motifs is 1. The van der Waals surface area contributed by atoms with Crippen LogP contribution in [0.5, 0.6) is 0 Å². The molecule has 2 N–H and O–H groups in total. The van der Waals surface area contributed by atoms with Gasteiger partial charge in [0.25, 0.3) is 5.91 Å². The number of amides is 1. The number of hydrogen-bond donors (Lipinski definition) is 2. The zero-order valence-corrected chi connectivity index (χ0v) is 14.0. The van der Waals surface area contributed by atoms with E-state index in [1.54, 1.807) is 12.3 Å². The third-order valence-corrected chi connectivity index (χ3v) is 4.41. The third kappa shape index (κ3) is 3.01. The minimum atomic E-state index is -0.0314. The van der Waals surface area contributed by atoms with Gasteiger partial charge in [-0.3, -0.25) is 9.78 Å². The SMILES string of the molecule is N#Cc1ccccc1/C=C\c1cc(-c2cc3c([nH]2)CCNC3=O)ccn1. The van der Waals surface area contributed by atoms with Crippen LogP contribution >= 0.6 is 0 Å². The van der Waals surface area contributed by atoms with Gasteiger partial charge in [0, 0.05) is 36.1 Å². The number of nitriles is 1. The van der Waals surface area contributed by atoms with E-state index in [4.69, 9.17) is 0 Å². The number of carbonyl (C=O) groups is 1. The molecule has 0 aliphatic carbocycles. The molecule has 1 aliphatic rings. The van der Waals surface area contributed by atoms with Crippen molar-refractivity contribution in [2.75, 3.05) is 6.54 Å². The predicted molar refractivity (Wildman–Crippen MR) is 100 cm³/mol. The Morgan fingerprint density at radius 1 is 1.15 bits per heavy atom. The molecule has 1 amide bonds. The lowest BCUT2D eigenvalue weighted by molar-refractivity contribution is 0.0946. The molecule has 1 aliphatic heterocycles. The normalized spacial score (nSPS) is 13.3. The molecule has 3 aromatic rings. The first kappa shape index (κ1) is 15.9. The average Bonchev–Trinajstić information content (AvgIpc) is 3.13. The van der Waals surface area contributed by atoms with E-state index in [9.17, 15) is 10.1 Å². The molecule has 5 nitrogen and oxygen atoms in total. The van der Waals surface area contributed by atoms with Crippen molar-refractivity contribution in [2.24, 2.45) is 0 Å². The molecule has 0 radical (unpaired) electrons. The van der Waals surface area contributed by atoms with Crippen molar-refractivity contribution in [2.45, 2.75) is 6.42 Å². The van der Waals surface area contributed by atoms with E-state index in [1.807, 2.05) is 48.6 Å². The van der Waals surface area contributed by atoms with Crippen molar-refractivity contribution in [3.63, 3.8) is 0 Å². The number of aromatic nitrogens is 2. The van der Waals surface area contributed by atoms with Gasteiger partial charge in [-0.05, 0) is 35.9 Å². The molecule has 0 atom stereocenters. The zero-order valence-electron chi connectivity index (χ0n) is 14.0. The van der Waals surface area contributed by atoms with E-state index in [2.05, 4.69) is 21.4 Å². The van der Waals surface area contributed by atoms with E-state index in [0.717, 1.165) is 34.6 Å². The molecule has 1 aromatic carbocycles. The van der Waals surface area contributed by atoms with E-state index in [0.29, 0.717) is 17.7 Å². The number of rotatable bonds is 3. The fourth-order valence-corrected chi connectivity index (χ4v) is 3.08. The van der Waals surface area contributed by atoms with E-state index < -0.39 is 0 Å². The lowest BCUT2D eigenvalue weighted by Gasteiger charge is -2.10. The summed E-state index contributed by atoms with van der Waals surface area (Å²) in [5, 5.41) is 12.0. The van der Waals surface area contributed by atoms with Crippen molar-refractivity contribution in [3.05, 3.63) is 76.7 Å². The van der Waals surface area contributed by atoms with Crippen LogP contribution in [0.3, 0.4) is 0 Å². The summed E-state index contributed by atoms with van der Waals surface area (Å²) in [6, 6.07) is 15.4. The van der Waals surface area contributed by atoms with Gasteiger partial charge in [-0.15, -0.1) is 0 Å². The van der Waals surface area contributed by atoms with Gasteiger partial charge < -0.3 is 10.3 Å². The Bertz CT molecular complexity index is 1060. The smallest absolute Gasteiger partial charge is 0.253 e. The molecule has 2 aromatic heterocycles. The molecule has 0 bridgehead atoms. The summed E-state index contributed by atoms with van der Waals surface area (Å²) in [4.78, 5) is 19.6. The standard InChI is InChI=1S/C21H16N4O/c22-13-16-4-2-1-3-14(16)5-6-17-11-15(7-9-23-17)20-12-18-19(25-20)8-10-24-21(18)26/h1-7,9,11-12,25H,8,10H2,(H,24,26)/b6-5-. The second-order valence-corrected chi connectivity index (χ2v) is 6.08. The Labute approximate surface area is 151 Å². The number of hydrogen-bond acceptors (Lipinski definition) is 3. The highest BCUT2D eigenvalue weighted by Gasteiger charge is 2.19. The van der Waals surface area contributed by atoms with Crippen molar-refractivity contribution in [1.29, 1.82) is 5.26 Å². The van der Waals surface area contributed by atoms with Crippen LogP contribution in [0.2, 0.25) is 0 Å². The highest BCUT2D eigenvalue weighted by Crippen LogP contribution is 2.24. The van der Waals surface area contributed by atoms with E-state index in [-0.39, 0.29) is 5.91 Å². The van der Waals surface area contributed by atoms with Crippen molar-refractivity contribution < 1.29 is 4.79 Å². The van der Waals surface area contributed by atoms with Gasteiger partial charge in [-0.25, -0.2) is 0 Å². The third-order valence-electron chi connectivity index (χ3n) is 4.41. The molecule has 0 spiro atoms. The number of nitrogens with one attached hydrogen (secondary N) is 2. The van der Waals surface area contributed by atoms with Gasteiger partial charge in [-0.1, -0.05) is 24.3 Å². The first-order chi connectivity index (χ1) is 12.7. The van der Waals surface area contributed by atoms with E-state index in [1.165, 1.54) is 0 Å². The van der Waals surface area contributed by atoms with Crippen molar-refractivity contribution in [3.8, 4) is 17.3 Å². The second-order valence-electron chi connectivity index (χ2n) is 6.08. The van der Waals surface area contributed by atoms with Crippen molar-refractivity contribution >= 4 is 18.1 Å². The molecule has 0 unspecified atom stereocenters. The summed E-state index contributed by atoms with van der Waals surface area (Å²) in [7, 11) is 0. The minimum absolute atomic E-state index is 0.0314. The minimum Gasteiger partial charge on any atom is -0.358 e. The molecule has 0 saturated heterocycles. The number of benzene rings is 1. The molecule has 126 valence electrons. The van der Waals surface area contributed by atoms with Crippen LogP contribution in [0.15, 0.2) is 48.7 Å². The van der Waals surface area contributed by atoms with Crippen LogP contribution in [0.1, 0.15) is 32.9 Å². The number of nitrogens with zero attached hydrogens (tertiary/aromatic N) is 2. The Morgan fingerprint density at radius 3 is 2.88 bits per heavy atom. The summed E-state index contributed by atoms with van der Waals surface area (Å²) in [5.74, 6) is -0.0314. The van der Waals surface area contributed by atoms with E-state index >= 15 is 0 Å². The monoisotopic (exact) mass is 340 g/mol. The number of carbonyl (C=O) groups excluding carboxylic acids is 1. The summed E-state index contributed by atoms with van der Waals surface area (Å²) in [5.41, 5.74) is 5.82. The molecular formula is C21H16N4O. The van der Waals surface area contributed by atoms with Gasteiger partial charge in [0.2, 0.25) is 0 Å². The van der Waals surface area contributed by atoms with Gasteiger partial charge in [0.1, 0.15) is 0 Å². The topological polar surface area (TPSA) is 81.6 Å². The molecule has 5 heteroatoms. The first-order valence-electron chi connectivity index (χ1n) is 8.38. The van der Waals surface area contributed by atoms with Crippen molar-refractivity contribution in [1.82, 2.24) is 15.3 Å².